The number of nitrogens with two attached hydrogens (primary N) is 1. The third-order valence-electron chi connectivity index (χ3n) is 3.75. The number of carbonyl (C=O) groups excluding carboxylic acids is 1. The van der Waals surface area contributed by atoms with Crippen LogP contribution >= 0.6 is 0 Å². The van der Waals surface area contributed by atoms with Crippen molar-refractivity contribution in [2.75, 3.05) is 0 Å². The molecule has 0 aliphatic carbocycles. The zero-order valence-electron chi connectivity index (χ0n) is 17.9. The molecule has 0 bridgehead atoms. The van der Waals surface area contributed by atoms with Crippen LogP contribution in [0.25, 0.3) is 4.85 Å². The molecule has 0 fully saturated rings. The molecule has 10 heteroatoms. The molecule has 0 amide bonds. The van der Waals surface area contributed by atoms with Crippen molar-refractivity contribution in [3.63, 3.8) is 0 Å². The molecule has 0 saturated heterocycles. The van der Waals surface area contributed by atoms with Crippen LogP contribution in [0.5, 0.6) is 0 Å². The van der Waals surface area contributed by atoms with E-state index in [-0.39, 0.29) is 55.5 Å². The van der Waals surface area contributed by atoms with Crippen LogP contribution in [0.3, 0.4) is 0 Å². The smallest absolute Gasteiger partial charge is 0.199 e. The minimum atomic E-state index is -0.381. The molecule has 2 aromatic heterocycles. The molecular formula is C22H23AcN5O4. The number of furan rings is 2. The predicted octanol–water partition coefficient (Wildman–Crippen LogP) is 3.55. The second kappa shape index (κ2) is 16.6. The van der Waals surface area contributed by atoms with Gasteiger partial charge in [-0.3, -0.25) is 4.79 Å². The van der Waals surface area contributed by atoms with Crippen molar-refractivity contribution >= 4 is 6.29 Å². The summed E-state index contributed by atoms with van der Waals surface area (Å²) in [5, 5.41) is 20.1. The van der Waals surface area contributed by atoms with E-state index < -0.39 is 0 Å². The van der Waals surface area contributed by atoms with E-state index in [1.807, 2.05) is 13.8 Å². The Kier molecular flexibility index (Phi) is 16.1. The zero-order chi connectivity index (χ0) is 22.5. The summed E-state index contributed by atoms with van der Waals surface area (Å²) in [6, 6.07) is 10.8. The van der Waals surface area contributed by atoms with Gasteiger partial charge in [0.05, 0.1) is 42.7 Å². The molecule has 0 aromatic carbocycles. The van der Waals surface area contributed by atoms with Gasteiger partial charge in [-0.1, -0.05) is 0 Å². The molecule has 1 atom stereocenters. The third-order valence-corrected chi connectivity index (χ3v) is 3.75. The molecule has 32 heavy (non-hydrogen) atoms. The fourth-order valence-electron chi connectivity index (χ4n) is 2.47. The van der Waals surface area contributed by atoms with Gasteiger partial charge in [-0.15, -0.1) is 0 Å². The maximum Gasteiger partial charge on any atom is 0.199 e. The van der Waals surface area contributed by atoms with Crippen molar-refractivity contribution in [3.05, 3.63) is 94.2 Å². The first-order valence-electron chi connectivity index (χ1n) is 8.69. The normalized spacial score (nSPS) is 14.2. The number of hydrogen-bond donors (Lipinski definition) is 2. The van der Waals surface area contributed by atoms with Crippen molar-refractivity contribution in [3.8, 4) is 12.1 Å². The first kappa shape index (κ1) is 31.1. The maximum absolute atomic E-state index is 9.77. The van der Waals surface area contributed by atoms with Crippen LogP contribution in [0.15, 0.2) is 80.1 Å². The molecule has 2 aromatic rings. The number of rotatable bonds is 2. The standard InChI is InChI=1S/C13H11N3O.C5H4O2.C4H6N2.Ac.H2O/c1-8-10(7-14)12(11-5-4-6-17-11)13(15-3)9(2)16-8;6-4-5-2-1-3-7-5;1-4(6)2-3-5;;/h4-6,12,16H,1-2H3;1-4H;2H,6H2,1H3;;1H2/b;;4-2+;;. The van der Waals surface area contributed by atoms with E-state index in [0.717, 1.165) is 11.4 Å². The summed E-state index contributed by atoms with van der Waals surface area (Å²) < 4.78 is 9.96. The fraction of sp³-hybridized carbons (Fsp3) is 0.182. The first-order chi connectivity index (χ1) is 14.4. The third kappa shape index (κ3) is 9.38. The van der Waals surface area contributed by atoms with Crippen LogP contribution in [-0.4, -0.2) is 11.8 Å². The van der Waals surface area contributed by atoms with Gasteiger partial charge in [0, 0.05) is 67.2 Å². The molecule has 3 heterocycles. The Morgan fingerprint density at radius 1 is 1.22 bits per heavy atom. The number of aldehydes is 1. The minimum Gasteiger partial charge on any atom is -0.470 e. The van der Waals surface area contributed by atoms with Crippen LogP contribution in [0, 0.1) is 73.3 Å². The molecule has 0 spiro atoms. The number of allylic oxidation sites excluding steroid dienone is 5. The second-order valence-corrected chi connectivity index (χ2v) is 6.00. The Balaban J connectivity index is 0. The number of nitriles is 2. The average Bonchev–Trinajstić information content (AvgIpc) is 3.42. The van der Waals surface area contributed by atoms with Gasteiger partial charge in [0.2, 0.25) is 0 Å². The van der Waals surface area contributed by atoms with Crippen LogP contribution in [-0.2, 0) is 0 Å². The van der Waals surface area contributed by atoms with Crippen molar-refractivity contribution in [2.24, 2.45) is 5.73 Å². The van der Waals surface area contributed by atoms with Gasteiger partial charge in [0.25, 0.3) is 0 Å². The van der Waals surface area contributed by atoms with Crippen molar-refractivity contribution in [1.29, 1.82) is 10.5 Å². The SMILES string of the molecule is C/C(N)=C\C#N.O.O=Cc1ccco1.[Ac].[C-]#[N+]C1=C(C)NC(C)=C(C#N)C1c1ccco1. The molecule has 0 saturated carbocycles. The van der Waals surface area contributed by atoms with Gasteiger partial charge in [0.15, 0.2) is 17.7 Å². The quantitative estimate of drug-likeness (QED) is 0.286. The van der Waals surface area contributed by atoms with Crippen molar-refractivity contribution in [2.45, 2.75) is 26.7 Å². The first-order valence-corrected chi connectivity index (χ1v) is 8.69. The summed E-state index contributed by atoms with van der Waals surface area (Å²) in [7, 11) is 0. The van der Waals surface area contributed by atoms with E-state index in [9.17, 15) is 10.1 Å². The molecule has 1 aliphatic rings. The molecule has 9 nitrogen and oxygen atoms in total. The number of carbonyl (C=O) groups is 1. The number of nitrogens with zero attached hydrogens (tertiary/aromatic N) is 3. The summed E-state index contributed by atoms with van der Waals surface area (Å²) in [5.74, 6) is 0.626. The zero-order valence-corrected chi connectivity index (χ0v) is 22.7. The second-order valence-electron chi connectivity index (χ2n) is 6.00. The summed E-state index contributed by atoms with van der Waals surface area (Å²) in [6.45, 7) is 12.6. The summed E-state index contributed by atoms with van der Waals surface area (Å²) in [5.41, 5.74) is 8.20. The van der Waals surface area contributed by atoms with E-state index in [1.165, 1.54) is 12.3 Å². The Labute approximate surface area is 222 Å². The Bertz CT molecular complexity index is 1020. The Morgan fingerprint density at radius 3 is 2.19 bits per heavy atom. The molecule has 3 rings (SSSR count). The van der Waals surface area contributed by atoms with E-state index in [2.05, 4.69) is 20.6 Å². The number of hydrogen-bond acceptors (Lipinski definition) is 7. The summed E-state index contributed by atoms with van der Waals surface area (Å²) in [4.78, 5) is 13.3. The molecular weight excluding hydrogens is 625 g/mol. The van der Waals surface area contributed by atoms with E-state index in [0.29, 0.717) is 34.8 Å². The van der Waals surface area contributed by atoms with Gasteiger partial charge >= 0.3 is 0 Å². The van der Waals surface area contributed by atoms with Crippen molar-refractivity contribution in [1.82, 2.24) is 5.32 Å². The van der Waals surface area contributed by atoms with E-state index in [1.54, 1.807) is 43.5 Å². The Hall–Kier alpha value is -3.08. The van der Waals surface area contributed by atoms with Gasteiger partial charge in [0.1, 0.15) is 5.76 Å². The molecule has 1 unspecified atom stereocenters. The van der Waals surface area contributed by atoms with Gasteiger partial charge in [-0.25, -0.2) is 4.85 Å². The average molecular weight is 648 g/mol. The van der Waals surface area contributed by atoms with E-state index >= 15 is 0 Å². The van der Waals surface area contributed by atoms with Crippen LogP contribution in [0.2, 0.25) is 0 Å². The van der Waals surface area contributed by atoms with Gasteiger partial charge in [-0.2, -0.15) is 10.5 Å². The van der Waals surface area contributed by atoms with Crippen LogP contribution < -0.4 is 11.1 Å². The predicted molar refractivity (Wildman–Crippen MR) is 113 cm³/mol. The fourth-order valence-corrected chi connectivity index (χ4v) is 2.47. The molecule has 1 radical (unpaired) electrons. The largest absolute Gasteiger partial charge is 0.470 e. The van der Waals surface area contributed by atoms with Gasteiger partial charge in [-0.05, 0) is 45.0 Å². The molecule has 163 valence electrons. The Morgan fingerprint density at radius 2 is 1.84 bits per heavy atom. The minimum absolute atomic E-state index is 0. The number of nitrogens with one attached hydrogen (secondary N) is 1. The van der Waals surface area contributed by atoms with Crippen LogP contribution in [0.1, 0.15) is 43.0 Å². The maximum atomic E-state index is 9.77. The topological polar surface area (TPSA) is 165 Å². The summed E-state index contributed by atoms with van der Waals surface area (Å²) >= 11 is 0. The molecule has 5 N–H and O–H groups in total. The van der Waals surface area contributed by atoms with Gasteiger partial charge < -0.3 is 25.4 Å². The molecule has 1 aliphatic heterocycles. The summed E-state index contributed by atoms with van der Waals surface area (Å²) in [6.07, 6.45) is 4.97. The monoisotopic (exact) mass is 648 g/mol. The van der Waals surface area contributed by atoms with Crippen LogP contribution in [0.4, 0.5) is 0 Å². The van der Waals surface area contributed by atoms with Crippen molar-refractivity contribution < 1.29 is 63.2 Å². The number of dihydropyridines is 1. The van der Waals surface area contributed by atoms with E-state index in [4.69, 9.17) is 22.0 Å².